The van der Waals surface area contributed by atoms with Gasteiger partial charge in [0.15, 0.2) is 0 Å². The van der Waals surface area contributed by atoms with Crippen LogP contribution in [-0.2, 0) is 4.74 Å². The molecular formula is C20H33NO. The second-order valence-corrected chi connectivity index (χ2v) is 8.02. The molecule has 1 saturated heterocycles. The summed E-state index contributed by atoms with van der Waals surface area (Å²) in [6.45, 7) is 14.6. The highest BCUT2D eigenvalue weighted by Gasteiger charge is 2.53. The van der Waals surface area contributed by atoms with Gasteiger partial charge in [-0.3, -0.25) is 4.90 Å². The smallest absolute Gasteiger partial charge is 0.102 e. The Kier molecular flexibility index (Phi) is 4.68. The number of ether oxygens (including phenoxy) is 1. The van der Waals surface area contributed by atoms with Crippen LogP contribution >= 0.6 is 0 Å². The fourth-order valence-electron chi connectivity index (χ4n) is 4.59. The predicted molar refractivity (Wildman–Crippen MR) is 92.7 cm³/mol. The zero-order chi connectivity index (χ0) is 15.7. The molecule has 3 rings (SSSR count). The fourth-order valence-corrected chi connectivity index (χ4v) is 4.59. The summed E-state index contributed by atoms with van der Waals surface area (Å²) in [5.74, 6) is 2.18. The Balaban J connectivity index is 1.40. The third-order valence-electron chi connectivity index (χ3n) is 6.45. The summed E-state index contributed by atoms with van der Waals surface area (Å²) < 4.78 is 6.03. The Morgan fingerprint density at radius 3 is 2.64 bits per heavy atom. The lowest BCUT2D eigenvalue weighted by Gasteiger charge is -2.34. The quantitative estimate of drug-likeness (QED) is 0.669. The van der Waals surface area contributed by atoms with Gasteiger partial charge < -0.3 is 4.74 Å². The van der Waals surface area contributed by atoms with Crippen molar-refractivity contribution < 1.29 is 4.74 Å². The molecule has 2 aliphatic heterocycles. The molecule has 2 fully saturated rings. The molecule has 0 aromatic rings. The van der Waals surface area contributed by atoms with Crippen molar-refractivity contribution in [2.75, 3.05) is 19.6 Å². The number of hydrogen-bond donors (Lipinski definition) is 0. The molecule has 2 heteroatoms. The largest absolute Gasteiger partial charge is 0.495 e. The maximum absolute atomic E-state index is 6.03. The monoisotopic (exact) mass is 303 g/mol. The molecule has 3 aliphatic rings. The van der Waals surface area contributed by atoms with Crippen molar-refractivity contribution in [3.8, 4) is 0 Å². The van der Waals surface area contributed by atoms with Gasteiger partial charge in [0, 0.05) is 13.0 Å². The molecule has 0 bridgehead atoms. The first-order valence-corrected chi connectivity index (χ1v) is 9.24. The van der Waals surface area contributed by atoms with Crippen LogP contribution in [0.4, 0.5) is 0 Å². The van der Waals surface area contributed by atoms with Gasteiger partial charge in [-0.05, 0) is 75.9 Å². The first-order chi connectivity index (χ1) is 10.5. The summed E-state index contributed by atoms with van der Waals surface area (Å²) in [4.78, 5) is 2.62. The van der Waals surface area contributed by atoms with Crippen LogP contribution in [0, 0.1) is 11.3 Å². The number of piperidine rings is 1. The standard InChI is InChI=1S/C20H33NO/c1-5-18-13-20(18)8-10-21(11-9-20)14-15(2)12-19-7-6-16(3)17(4)22-19/h18-19H,2,5-14H2,1,3-4H3. The summed E-state index contributed by atoms with van der Waals surface area (Å²) in [5, 5.41) is 0. The third-order valence-corrected chi connectivity index (χ3v) is 6.45. The molecule has 0 aromatic carbocycles. The molecule has 2 unspecified atom stereocenters. The van der Waals surface area contributed by atoms with Gasteiger partial charge >= 0.3 is 0 Å². The number of allylic oxidation sites excluding steroid dienone is 2. The first kappa shape index (κ1) is 16.1. The van der Waals surface area contributed by atoms with Gasteiger partial charge in [-0.1, -0.05) is 25.5 Å². The van der Waals surface area contributed by atoms with Gasteiger partial charge in [-0.2, -0.15) is 0 Å². The Morgan fingerprint density at radius 1 is 1.32 bits per heavy atom. The lowest BCUT2D eigenvalue weighted by Crippen LogP contribution is -2.36. The van der Waals surface area contributed by atoms with Crippen molar-refractivity contribution in [3.63, 3.8) is 0 Å². The zero-order valence-corrected chi connectivity index (χ0v) is 14.8. The van der Waals surface area contributed by atoms with Crippen molar-refractivity contribution in [2.45, 2.75) is 71.8 Å². The lowest BCUT2D eigenvalue weighted by atomic mass is 9.89. The molecule has 1 saturated carbocycles. The molecular weight excluding hydrogens is 270 g/mol. The van der Waals surface area contributed by atoms with E-state index in [2.05, 4.69) is 32.3 Å². The highest BCUT2D eigenvalue weighted by Crippen LogP contribution is 2.60. The second-order valence-electron chi connectivity index (χ2n) is 8.02. The highest BCUT2D eigenvalue weighted by atomic mass is 16.5. The van der Waals surface area contributed by atoms with Crippen LogP contribution in [0.5, 0.6) is 0 Å². The van der Waals surface area contributed by atoms with Gasteiger partial charge in [0.2, 0.25) is 0 Å². The number of likely N-dealkylation sites (tertiary alicyclic amines) is 1. The molecule has 1 aliphatic carbocycles. The average molecular weight is 303 g/mol. The van der Waals surface area contributed by atoms with Crippen LogP contribution in [0.25, 0.3) is 0 Å². The molecule has 0 amide bonds. The van der Waals surface area contributed by atoms with Gasteiger partial charge in [-0.25, -0.2) is 0 Å². The maximum Gasteiger partial charge on any atom is 0.102 e. The average Bonchev–Trinajstić information content (AvgIpc) is 3.18. The van der Waals surface area contributed by atoms with E-state index in [9.17, 15) is 0 Å². The molecule has 22 heavy (non-hydrogen) atoms. The Morgan fingerprint density at radius 2 is 2.05 bits per heavy atom. The minimum absolute atomic E-state index is 0.361. The van der Waals surface area contributed by atoms with E-state index in [1.807, 2.05) is 0 Å². The molecule has 0 N–H and O–H groups in total. The Labute approximate surface area is 136 Å². The number of hydrogen-bond acceptors (Lipinski definition) is 2. The van der Waals surface area contributed by atoms with E-state index >= 15 is 0 Å². The Hall–Kier alpha value is -0.760. The van der Waals surface area contributed by atoms with Gasteiger partial charge in [0.25, 0.3) is 0 Å². The topological polar surface area (TPSA) is 12.5 Å². The van der Waals surface area contributed by atoms with Crippen LogP contribution in [0.15, 0.2) is 23.5 Å². The van der Waals surface area contributed by atoms with Crippen LogP contribution in [0.3, 0.4) is 0 Å². The number of nitrogens with zero attached hydrogens (tertiary/aromatic N) is 1. The third kappa shape index (κ3) is 3.42. The number of rotatable bonds is 5. The molecule has 0 aromatic heterocycles. The molecule has 1 spiro atoms. The van der Waals surface area contributed by atoms with E-state index in [1.54, 1.807) is 0 Å². The summed E-state index contributed by atoms with van der Waals surface area (Å²) in [5.41, 5.74) is 3.52. The summed E-state index contributed by atoms with van der Waals surface area (Å²) >= 11 is 0. The Bertz CT molecular complexity index is 456. The van der Waals surface area contributed by atoms with E-state index in [4.69, 9.17) is 4.74 Å². The van der Waals surface area contributed by atoms with E-state index in [1.165, 1.54) is 56.3 Å². The van der Waals surface area contributed by atoms with Crippen LogP contribution in [0.2, 0.25) is 0 Å². The highest BCUT2D eigenvalue weighted by molar-refractivity contribution is 5.10. The minimum atomic E-state index is 0.361. The molecule has 2 atom stereocenters. The van der Waals surface area contributed by atoms with Gasteiger partial charge in [0.1, 0.15) is 6.10 Å². The van der Waals surface area contributed by atoms with Crippen LogP contribution < -0.4 is 0 Å². The normalized spacial score (nSPS) is 31.2. The van der Waals surface area contributed by atoms with E-state index in [0.717, 1.165) is 36.5 Å². The SMILES string of the molecule is C=C(CC1CCC(C)=C(C)O1)CN1CCC2(CC1)CC2CC. The van der Waals surface area contributed by atoms with Crippen molar-refractivity contribution in [2.24, 2.45) is 11.3 Å². The van der Waals surface area contributed by atoms with E-state index < -0.39 is 0 Å². The molecule has 124 valence electrons. The van der Waals surface area contributed by atoms with E-state index in [0.29, 0.717) is 6.10 Å². The summed E-state index contributed by atoms with van der Waals surface area (Å²) in [7, 11) is 0. The van der Waals surface area contributed by atoms with Gasteiger partial charge in [-0.15, -0.1) is 0 Å². The predicted octanol–water partition coefficient (Wildman–Crippen LogP) is 4.92. The lowest BCUT2D eigenvalue weighted by molar-refractivity contribution is 0.0893. The van der Waals surface area contributed by atoms with Crippen LogP contribution in [0.1, 0.15) is 65.7 Å². The second kappa shape index (κ2) is 6.39. The molecule has 2 nitrogen and oxygen atoms in total. The van der Waals surface area contributed by atoms with Crippen LogP contribution in [-0.4, -0.2) is 30.6 Å². The zero-order valence-electron chi connectivity index (χ0n) is 14.8. The summed E-state index contributed by atoms with van der Waals surface area (Å²) in [6, 6.07) is 0. The minimum Gasteiger partial charge on any atom is -0.495 e. The van der Waals surface area contributed by atoms with Crippen molar-refractivity contribution in [1.82, 2.24) is 4.90 Å². The first-order valence-electron chi connectivity index (χ1n) is 9.24. The summed E-state index contributed by atoms with van der Waals surface area (Å²) in [6.07, 6.45) is 9.46. The van der Waals surface area contributed by atoms with Gasteiger partial charge in [0.05, 0.1) is 5.76 Å². The molecule has 2 heterocycles. The van der Waals surface area contributed by atoms with E-state index in [-0.39, 0.29) is 0 Å². The fraction of sp³-hybridized carbons (Fsp3) is 0.800. The van der Waals surface area contributed by atoms with Crippen molar-refractivity contribution >= 4 is 0 Å². The maximum atomic E-state index is 6.03. The van der Waals surface area contributed by atoms with Crippen molar-refractivity contribution in [1.29, 1.82) is 0 Å². The van der Waals surface area contributed by atoms with Crippen molar-refractivity contribution in [3.05, 3.63) is 23.5 Å². The molecule has 0 radical (unpaired) electrons.